The van der Waals surface area contributed by atoms with Crippen LogP contribution in [0, 0.1) is 5.82 Å². The molecule has 2 aromatic heterocycles. The van der Waals surface area contributed by atoms with Gasteiger partial charge in [0, 0.05) is 11.6 Å². The standard InChI is InChI=1S/C17H10FN3O4S/c18-10-2-4-12-11(6-10)19-17(24-12)26-7-15-20-16(21-25-15)9-1-3-13-14(5-9)23-8-22-13/h1-6H,7-8H2. The molecule has 0 radical (unpaired) electrons. The average Bonchev–Trinajstić information content (AvgIpc) is 3.37. The van der Waals surface area contributed by atoms with Gasteiger partial charge in [-0.2, -0.15) is 4.98 Å². The van der Waals surface area contributed by atoms with Crippen LogP contribution >= 0.6 is 11.8 Å². The highest BCUT2D eigenvalue weighted by atomic mass is 32.2. The summed E-state index contributed by atoms with van der Waals surface area (Å²) in [6, 6.07) is 9.65. The summed E-state index contributed by atoms with van der Waals surface area (Å²) in [6.07, 6.45) is 0. The Morgan fingerprint density at radius 3 is 2.92 bits per heavy atom. The van der Waals surface area contributed by atoms with Gasteiger partial charge in [0.25, 0.3) is 5.22 Å². The van der Waals surface area contributed by atoms with Crippen molar-refractivity contribution in [3.8, 4) is 22.9 Å². The van der Waals surface area contributed by atoms with Crippen molar-refractivity contribution in [2.45, 2.75) is 11.0 Å². The van der Waals surface area contributed by atoms with Crippen molar-refractivity contribution < 1.29 is 22.8 Å². The quantitative estimate of drug-likeness (QED) is 0.497. The van der Waals surface area contributed by atoms with Gasteiger partial charge in [-0.05, 0) is 30.3 Å². The number of oxazole rings is 1. The van der Waals surface area contributed by atoms with Gasteiger partial charge in [-0.3, -0.25) is 0 Å². The molecule has 1 aliphatic heterocycles. The first-order valence-corrected chi connectivity index (χ1v) is 8.65. The van der Waals surface area contributed by atoms with Crippen molar-refractivity contribution in [2.24, 2.45) is 0 Å². The Morgan fingerprint density at radius 1 is 1.04 bits per heavy atom. The number of hydrogen-bond acceptors (Lipinski definition) is 8. The van der Waals surface area contributed by atoms with E-state index in [9.17, 15) is 4.39 Å². The third-order valence-electron chi connectivity index (χ3n) is 3.75. The summed E-state index contributed by atoms with van der Waals surface area (Å²) < 4.78 is 34.7. The molecular formula is C17H10FN3O4S. The molecule has 0 unspecified atom stereocenters. The van der Waals surface area contributed by atoms with E-state index in [0.29, 0.717) is 45.3 Å². The van der Waals surface area contributed by atoms with Crippen LogP contribution in [0.3, 0.4) is 0 Å². The fourth-order valence-electron chi connectivity index (χ4n) is 2.53. The summed E-state index contributed by atoms with van der Waals surface area (Å²) in [5.74, 6) is 2.26. The van der Waals surface area contributed by atoms with E-state index in [1.807, 2.05) is 6.07 Å². The van der Waals surface area contributed by atoms with E-state index < -0.39 is 0 Å². The summed E-state index contributed by atoms with van der Waals surface area (Å²) in [4.78, 5) is 8.59. The van der Waals surface area contributed by atoms with Gasteiger partial charge >= 0.3 is 0 Å². The summed E-state index contributed by atoms with van der Waals surface area (Å²) >= 11 is 1.29. The number of nitrogens with zero attached hydrogens (tertiary/aromatic N) is 3. The Bertz CT molecular complexity index is 1110. The number of rotatable bonds is 4. The number of aromatic nitrogens is 3. The zero-order valence-corrected chi connectivity index (χ0v) is 14.0. The molecule has 0 N–H and O–H groups in total. The van der Waals surface area contributed by atoms with E-state index >= 15 is 0 Å². The van der Waals surface area contributed by atoms with Crippen LogP contribution in [-0.2, 0) is 5.75 Å². The second kappa shape index (κ2) is 6.03. The number of halogens is 1. The Balaban J connectivity index is 1.32. The fraction of sp³-hybridized carbons (Fsp3) is 0.118. The minimum absolute atomic E-state index is 0.210. The van der Waals surface area contributed by atoms with Crippen LogP contribution in [0.25, 0.3) is 22.5 Å². The van der Waals surface area contributed by atoms with Gasteiger partial charge in [0.2, 0.25) is 18.5 Å². The minimum Gasteiger partial charge on any atom is -0.454 e. The van der Waals surface area contributed by atoms with E-state index in [-0.39, 0.29) is 12.6 Å². The predicted octanol–water partition coefficient (Wildman–Crippen LogP) is 4.04. The molecular weight excluding hydrogens is 361 g/mol. The number of benzene rings is 2. The van der Waals surface area contributed by atoms with Crippen LogP contribution in [0.5, 0.6) is 11.5 Å². The first kappa shape index (κ1) is 15.2. The molecule has 26 heavy (non-hydrogen) atoms. The molecule has 0 spiro atoms. The predicted molar refractivity (Wildman–Crippen MR) is 89.4 cm³/mol. The fourth-order valence-corrected chi connectivity index (χ4v) is 3.21. The molecule has 0 fully saturated rings. The Kier molecular flexibility index (Phi) is 3.52. The largest absolute Gasteiger partial charge is 0.454 e. The SMILES string of the molecule is Fc1ccc2oc(SCc3nc(-c4ccc5c(c4)OCO5)no3)nc2c1. The number of hydrogen-bond donors (Lipinski definition) is 0. The normalized spacial score (nSPS) is 12.8. The second-order valence-electron chi connectivity index (χ2n) is 5.46. The molecule has 130 valence electrons. The molecule has 0 aliphatic carbocycles. The maximum absolute atomic E-state index is 13.2. The van der Waals surface area contributed by atoms with Gasteiger partial charge in [-0.25, -0.2) is 9.37 Å². The van der Waals surface area contributed by atoms with Gasteiger partial charge in [-0.1, -0.05) is 16.9 Å². The molecule has 7 nitrogen and oxygen atoms in total. The van der Waals surface area contributed by atoms with E-state index in [0.717, 1.165) is 5.56 Å². The van der Waals surface area contributed by atoms with Gasteiger partial charge in [0.05, 0.1) is 5.75 Å². The number of fused-ring (bicyclic) bond motifs is 2. The van der Waals surface area contributed by atoms with Crippen LogP contribution in [-0.4, -0.2) is 21.9 Å². The van der Waals surface area contributed by atoms with Crippen molar-refractivity contribution in [3.63, 3.8) is 0 Å². The summed E-state index contributed by atoms with van der Waals surface area (Å²) in [5, 5.41) is 4.39. The van der Waals surface area contributed by atoms with E-state index in [1.54, 1.807) is 18.2 Å². The lowest BCUT2D eigenvalue weighted by Crippen LogP contribution is -1.92. The lowest BCUT2D eigenvalue weighted by molar-refractivity contribution is 0.174. The highest BCUT2D eigenvalue weighted by Gasteiger charge is 2.17. The third-order valence-corrected chi connectivity index (χ3v) is 4.56. The molecule has 1 aliphatic rings. The minimum atomic E-state index is -0.354. The maximum Gasteiger partial charge on any atom is 0.257 e. The van der Waals surface area contributed by atoms with Gasteiger partial charge in [0.1, 0.15) is 11.3 Å². The number of thioether (sulfide) groups is 1. The maximum atomic E-state index is 13.2. The topological polar surface area (TPSA) is 83.4 Å². The van der Waals surface area contributed by atoms with Gasteiger partial charge in [0.15, 0.2) is 17.1 Å². The zero-order chi connectivity index (χ0) is 17.5. The van der Waals surface area contributed by atoms with Crippen molar-refractivity contribution in [3.05, 3.63) is 48.1 Å². The van der Waals surface area contributed by atoms with E-state index in [1.165, 1.54) is 23.9 Å². The summed E-state index contributed by atoms with van der Waals surface area (Å²) in [5.41, 5.74) is 1.77. The van der Waals surface area contributed by atoms with Crippen LogP contribution in [0.1, 0.15) is 5.89 Å². The molecule has 5 rings (SSSR count). The first-order chi connectivity index (χ1) is 12.7. The van der Waals surface area contributed by atoms with Gasteiger partial charge in [-0.15, -0.1) is 0 Å². The van der Waals surface area contributed by atoms with E-state index in [4.69, 9.17) is 18.4 Å². The highest BCUT2D eigenvalue weighted by molar-refractivity contribution is 7.98. The van der Waals surface area contributed by atoms with Crippen molar-refractivity contribution in [1.82, 2.24) is 15.1 Å². The summed E-state index contributed by atoms with van der Waals surface area (Å²) in [7, 11) is 0. The molecule has 0 saturated carbocycles. The molecule has 4 aromatic rings. The van der Waals surface area contributed by atoms with E-state index in [2.05, 4.69) is 15.1 Å². The molecule has 3 heterocycles. The Hall–Kier alpha value is -3.07. The second-order valence-corrected chi connectivity index (χ2v) is 6.39. The lowest BCUT2D eigenvalue weighted by atomic mass is 10.2. The third kappa shape index (κ3) is 2.76. The monoisotopic (exact) mass is 371 g/mol. The van der Waals surface area contributed by atoms with Crippen LogP contribution in [0.4, 0.5) is 4.39 Å². The molecule has 0 bridgehead atoms. The average molecular weight is 371 g/mol. The Labute approximate surface area is 150 Å². The van der Waals surface area contributed by atoms with Crippen LogP contribution < -0.4 is 9.47 Å². The van der Waals surface area contributed by atoms with Gasteiger partial charge < -0.3 is 18.4 Å². The molecule has 0 saturated heterocycles. The molecule has 9 heteroatoms. The molecule has 2 aromatic carbocycles. The van der Waals surface area contributed by atoms with Crippen molar-refractivity contribution in [2.75, 3.05) is 6.79 Å². The number of ether oxygens (including phenoxy) is 2. The van der Waals surface area contributed by atoms with Crippen LogP contribution in [0.2, 0.25) is 0 Å². The smallest absolute Gasteiger partial charge is 0.257 e. The summed E-state index contributed by atoms with van der Waals surface area (Å²) in [6.45, 7) is 0.210. The van der Waals surface area contributed by atoms with Crippen molar-refractivity contribution >= 4 is 22.9 Å². The molecule has 0 amide bonds. The lowest BCUT2D eigenvalue weighted by Gasteiger charge is -1.97. The highest BCUT2D eigenvalue weighted by Crippen LogP contribution is 2.35. The van der Waals surface area contributed by atoms with Crippen LogP contribution in [0.15, 0.2) is 50.6 Å². The van der Waals surface area contributed by atoms with Crippen molar-refractivity contribution in [1.29, 1.82) is 0 Å². The zero-order valence-electron chi connectivity index (χ0n) is 13.1. The first-order valence-electron chi connectivity index (χ1n) is 7.66. The Morgan fingerprint density at radius 2 is 1.96 bits per heavy atom. The molecule has 0 atom stereocenters.